The molecule has 0 saturated heterocycles. The van der Waals surface area contributed by atoms with Crippen molar-refractivity contribution in [2.75, 3.05) is 5.73 Å². The lowest BCUT2D eigenvalue weighted by molar-refractivity contribution is 0.530. The van der Waals surface area contributed by atoms with Crippen molar-refractivity contribution in [2.45, 2.75) is 6.54 Å². The lowest BCUT2D eigenvalue weighted by atomic mass is 10.5. The van der Waals surface area contributed by atoms with Crippen molar-refractivity contribution in [3.8, 4) is 0 Å². The molecule has 44 valence electrons. The van der Waals surface area contributed by atoms with Crippen LogP contribution in [0, 0.1) is 0 Å². The normalized spacial score (nSPS) is 9.62. The third-order valence-corrected chi connectivity index (χ3v) is 0.884. The lowest BCUT2D eigenvalue weighted by Gasteiger charge is -1.83. The van der Waals surface area contributed by atoms with Crippen molar-refractivity contribution in [2.24, 2.45) is 5.73 Å². The van der Waals surface area contributed by atoms with Crippen LogP contribution >= 0.6 is 0 Å². The summed E-state index contributed by atoms with van der Waals surface area (Å²) in [6.45, 7) is 0.414. The van der Waals surface area contributed by atoms with Crippen molar-refractivity contribution in [1.29, 1.82) is 0 Å². The molecule has 0 atom stereocenters. The number of nitrogens with two attached hydrogens (primary N) is 2. The van der Waals surface area contributed by atoms with E-state index in [4.69, 9.17) is 15.9 Å². The number of hydrogen-bond acceptors (Lipinski definition) is 3. The van der Waals surface area contributed by atoms with Gasteiger partial charge in [0, 0.05) is 6.07 Å². The monoisotopic (exact) mass is 112 g/mol. The van der Waals surface area contributed by atoms with Crippen LogP contribution in [0.5, 0.6) is 0 Å². The number of anilines is 1. The molecule has 3 heteroatoms. The van der Waals surface area contributed by atoms with Crippen LogP contribution in [0.3, 0.4) is 0 Å². The fraction of sp³-hybridized carbons (Fsp3) is 0.200. The zero-order valence-electron chi connectivity index (χ0n) is 4.42. The van der Waals surface area contributed by atoms with E-state index in [9.17, 15) is 0 Å². The van der Waals surface area contributed by atoms with Gasteiger partial charge in [0.05, 0.1) is 6.54 Å². The van der Waals surface area contributed by atoms with Gasteiger partial charge in [0.15, 0.2) is 5.88 Å². The Kier molecular flexibility index (Phi) is 1.22. The van der Waals surface area contributed by atoms with Crippen molar-refractivity contribution in [3.05, 3.63) is 17.9 Å². The number of nitrogen functional groups attached to an aromatic ring is 1. The van der Waals surface area contributed by atoms with Crippen molar-refractivity contribution >= 4 is 5.88 Å². The number of furan rings is 1. The van der Waals surface area contributed by atoms with Gasteiger partial charge in [0.1, 0.15) is 5.76 Å². The molecule has 1 heterocycles. The van der Waals surface area contributed by atoms with Crippen molar-refractivity contribution in [1.82, 2.24) is 0 Å². The molecule has 0 radical (unpaired) electrons. The summed E-state index contributed by atoms with van der Waals surface area (Å²) in [5.74, 6) is 1.15. The van der Waals surface area contributed by atoms with Gasteiger partial charge in [0.25, 0.3) is 0 Å². The maximum absolute atomic E-state index is 5.23. The Labute approximate surface area is 47.3 Å². The van der Waals surface area contributed by atoms with Gasteiger partial charge in [-0.2, -0.15) is 0 Å². The van der Waals surface area contributed by atoms with E-state index in [1.54, 1.807) is 12.1 Å². The van der Waals surface area contributed by atoms with Crippen LogP contribution in [0.25, 0.3) is 0 Å². The molecule has 1 aromatic rings. The first-order chi connectivity index (χ1) is 3.83. The van der Waals surface area contributed by atoms with E-state index < -0.39 is 0 Å². The van der Waals surface area contributed by atoms with Gasteiger partial charge >= 0.3 is 0 Å². The fourth-order valence-corrected chi connectivity index (χ4v) is 0.504. The van der Waals surface area contributed by atoms with E-state index in [0.29, 0.717) is 12.4 Å². The van der Waals surface area contributed by atoms with E-state index in [0.717, 1.165) is 5.76 Å². The molecule has 0 aliphatic carbocycles. The highest BCUT2D eigenvalue weighted by atomic mass is 16.4. The molecule has 0 saturated carbocycles. The Balaban J connectivity index is 2.84. The summed E-state index contributed by atoms with van der Waals surface area (Å²) in [5, 5.41) is 0. The van der Waals surface area contributed by atoms with Crippen molar-refractivity contribution < 1.29 is 4.42 Å². The molecule has 4 N–H and O–H groups in total. The van der Waals surface area contributed by atoms with Crippen LogP contribution in [-0.2, 0) is 6.54 Å². The van der Waals surface area contributed by atoms with Gasteiger partial charge in [-0.1, -0.05) is 0 Å². The molecule has 0 unspecified atom stereocenters. The first-order valence-corrected chi connectivity index (χ1v) is 2.37. The molecule has 8 heavy (non-hydrogen) atoms. The topological polar surface area (TPSA) is 65.2 Å². The summed E-state index contributed by atoms with van der Waals surface area (Å²) in [6, 6.07) is 3.44. The molecule has 0 spiro atoms. The van der Waals surface area contributed by atoms with Crippen LogP contribution in [0.2, 0.25) is 0 Å². The standard InChI is InChI=1S/C5H8N2O/c6-3-4-1-2-5(7)8-4/h1-2H,3,6-7H2. The van der Waals surface area contributed by atoms with Gasteiger partial charge in [0.2, 0.25) is 0 Å². The SMILES string of the molecule is NCc1ccc(N)o1. The van der Waals surface area contributed by atoms with E-state index >= 15 is 0 Å². The molecule has 0 aliphatic rings. The third-order valence-electron chi connectivity index (χ3n) is 0.884. The Hall–Kier alpha value is -0.960. The molecule has 0 amide bonds. The molecule has 0 bridgehead atoms. The molecule has 0 fully saturated rings. The summed E-state index contributed by atoms with van der Waals surface area (Å²) in [6.07, 6.45) is 0. The summed E-state index contributed by atoms with van der Waals surface area (Å²) in [4.78, 5) is 0. The minimum atomic E-state index is 0.414. The second-order valence-corrected chi connectivity index (χ2v) is 1.51. The molecule has 1 rings (SSSR count). The van der Waals surface area contributed by atoms with Crippen LogP contribution < -0.4 is 11.5 Å². The van der Waals surface area contributed by atoms with Crippen LogP contribution in [0.15, 0.2) is 16.5 Å². The average molecular weight is 112 g/mol. The Morgan fingerprint density at radius 1 is 1.50 bits per heavy atom. The van der Waals surface area contributed by atoms with Gasteiger partial charge in [-0.15, -0.1) is 0 Å². The predicted molar refractivity (Wildman–Crippen MR) is 31.0 cm³/mol. The second kappa shape index (κ2) is 1.88. The smallest absolute Gasteiger partial charge is 0.190 e. The van der Waals surface area contributed by atoms with Gasteiger partial charge in [-0.05, 0) is 6.07 Å². The lowest BCUT2D eigenvalue weighted by Crippen LogP contribution is -1.92. The Morgan fingerprint density at radius 3 is 2.50 bits per heavy atom. The van der Waals surface area contributed by atoms with E-state index in [1.807, 2.05) is 0 Å². The average Bonchev–Trinajstić information content (AvgIpc) is 2.14. The third kappa shape index (κ3) is 0.816. The van der Waals surface area contributed by atoms with Crippen LogP contribution in [0.4, 0.5) is 5.88 Å². The fourth-order valence-electron chi connectivity index (χ4n) is 0.504. The Bertz CT molecular complexity index is 171. The highest BCUT2D eigenvalue weighted by Crippen LogP contribution is 2.06. The molecule has 1 aromatic heterocycles. The Morgan fingerprint density at radius 2 is 2.25 bits per heavy atom. The minimum absolute atomic E-state index is 0.414. The quantitative estimate of drug-likeness (QED) is 0.549. The first kappa shape index (κ1) is 5.18. The maximum atomic E-state index is 5.23. The molecule has 0 aliphatic heterocycles. The first-order valence-electron chi connectivity index (χ1n) is 2.37. The molecular weight excluding hydrogens is 104 g/mol. The summed E-state index contributed by atoms with van der Waals surface area (Å²) in [7, 11) is 0. The zero-order chi connectivity index (χ0) is 5.98. The highest BCUT2D eigenvalue weighted by Gasteiger charge is 1.91. The number of rotatable bonds is 1. The van der Waals surface area contributed by atoms with E-state index in [1.165, 1.54) is 0 Å². The van der Waals surface area contributed by atoms with Gasteiger partial charge in [-0.3, -0.25) is 0 Å². The van der Waals surface area contributed by atoms with Gasteiger partial charge < -0.3 is 15.9 Å². The number of hydrogen-bond donors (Lipinski definition) is 2. The van der Waals surface area contributed by atoms with E-state index in [-0.39, 0.29) is 0 Å². The molecular formula is C5H8N2O. The zero-order valence-corrected chi connectivity index (χ0v) is 4.42. The van der Waals surface area contributed by atoms with Crippen molar-refractivity contribution in [3.63, 3.8) is 0 Å². The highest BCUT2D eigenvalue weighted by molar-refractivity contribution is 5.24. The summed E-state index contributed by atoms with van der Waals surface area (Å²) in [5.41, 5.74) is 10.4. The largest absolute Gasteiger partial charge is 0.445 e. The van der Waals surface area contributed by atoms with E-state index in [2.05, 4.69) is 0 Å². The summed E-state index contributed by atoms with van der Waals surface area (Å²) < 4.78 is 4.89. The maximum Gasteiger partial charge on any atom is 0.190 e. The molecule has 3 nitrogen and oxygen atoms in total. The van der Waals surface area contributed by atoms with Gasteiger partial charge in [-0.25, -0.2) is 0 Å². The van der Waals surface area contributed by atoms with Crippen LogP contribution in [0.1, 0.15) is 5.76 Å². The van der Waals surface area contributed by atoms with Crippen LogP contribution in [-0.4, -0.2) is 0 Å². The second-order valence-electron chi connectivity index (χ2n) is 1.51. The predicted octanol–water partition coefficient (Wildman–Crippen LogP) is 0.320. The minimum Gasteiger partial charge on any atom is -0.445 e. The summed E-state index contributed by atoms with van der Waals surface area (Å²) >= 11 is 0. The molecule has 0 aromatic carbocycles.